The Morgan fingerprint density at radius 3 is 2.38 bits per heavy atom. The summed E-state index contributed by atoms with van der Waals surface area (Å²) in [6.07, 6.45) is 6.93. The Labute approximate surface area is 81.7 Å². The van der Waals surface area contributed by atoms with Gasteiger partial charge in [-0.25, -0.2) is 0 Å². The maximum Gasteiger partial charge on any atom is 0.0540 e. The molecule has 0 spiro atoms. The Morgan fingerprint density at radius 2 is 1.92 bits per heavy atom. The summed E-state index contributed by atoms with van der Waals surface area (Å²) in [7, 11) is 2.06. The van der Waals surface area contributed by atoms with E-state index in [2.05, 4.69) is 19.3 Å². The fourth-order valence-corrected chi connectivity index (χ4v) is 2.43. The summed E-state index contributed by atoms with van der Waals surface area (Å²) in [6.45, 7) is 2.24. The van der Waals surface area contributed by atoms with Crippen molar-refractivity contribution < 1.29 is 5.11 Å². The first-order valence-corrected chi connectivity index (χ1v) is 5.63. The molecule has 0 aromatic rings. The summed E-state index contributed by atoms with van der Waals surface area (Å²) in [5.41, 5.74) is 0. The van der Waals surface area contributed by atoms with E-state index in [-0.39, 0.29) is 6.10 Å². The molecule has 0 aliphatic heterocycles. The molecule has 1 aliphatic carbocycles. The lowest BCUT2D eigenvalue weighted by Crippen LogP contribution is -2.36. The minimum Gasteiger partial charge on any atom is -0.393 e. The molecular formula is C11H23NO. The van der Waals surface area contributed by atoms with E-state index in [0.29, 0.717) is 6.04 Å². The number of aliphatic hydroxyl groups is 1. The van der Waals surface area contributed by atoms with Crippen molar-refractivity contribution in [2.24, 2.45) is 5.92 Å². The van der Waals surface area contributed by atoms with Crippen LogP contribution >= 0.6 is 0 Å². The average molecular weight is 185 g/mol. The molecule has 1 rings (SSSR count). The monoisotopic (exact) mass is 185 g/mol. The third kappa shape index (κ3) is 3.28. The van der Waals surface area contributed by atoms with Gasteiger partial charge in [-0.3, -0.25) is 0 Å². The summed E-state index contributed by atoms with van der Waals surface area (Å²) >= 11 is 0. The van der Waals surface area contributed by atoms with E-state index in [4.69, 9.17) is 0 Å². The van der Waals surface area contributed by atoms with Gasteiger partial charge in [0.2, 0.25) is 0 Å². The van der Waals surface area contributed by atoms with Crippen LogP contribution in [0.15, 0.2) is 0 Å². The summed E-state index contributed by atoms with van der Waals surface area (Å²) in [5.74, 6) is 0.799. The zero-order valence-corrected chi connectivity index (χ0v) is 8.92. The molecule has 0 heterocycles. The van der Waals surface area contributed by atoms with Gasteiger partial charge in [0, 0.05) is 6.04 Å². The molecular weight excluding hydrogens is 162 g/mol. The fourth-order valence-electron chi connectivity index (χ4n) is 2.43. The van der Waals surface area contributed by atoms with E-state index in [1.54, 1.807) is 0 Å². The number of hydrogen-bond acceptors (Lipinski definition) is 2. The second-order valence-corrected chi connectivity index (χ2v) is 4.25. The van der Waals surface area contributed by atoms with Gasteiger partial charge in [0.1, 0.15) is 0 Å². The first-order chi connectivity index (χ1) is 6.27. The predicted octanol–water partition coefficient (Wildman–Crippen LogP) is 1.93. The Kier molecular flexibility index (Phi) is 4.74. The predicted molar refractivity (Wildman–Crippen MR) is 55.7 cm³/mol. The summed E-state index contributed by atoms with van der Waals surface area (Å²) in [5, 5.41) is 12.8. The number of nitrogens with one attached hydrogen (secondary N) is 1. The zero-order valence-electron chi connectivity index (χ0n) is 8.92. The topological polar surface area (TPSA) is 32.3 Å². The number of aliphatic hydroxyl groups excluding tert-OH is 1. The van der Waals surface area contributed by atoms with Crippen molar-refractivity contribution in [1.29, 1.82) is 0 Å². The third-order valence-corrected chi connectivity index (χ3v) is 3.28. The molecule has 1 fully saturated rings. The van der Waals surface area contributed by atoms with E-state index in [0.717, 1.165) is 18.8 Å². The maximum absolute atomic E-state index is 9.39. The zero-order chi connectivity index (χ0) is 9.68. The van der Waals surface area contributed by atoms with Gasteiger partial charge in [-0.15, -0.1) is 0 Å². The number of hydrogen-bond donors (Lipinski definition) is 2. The molecule has 0 bridgehead atoms. The van der Waals surface area contributed by atoms with Crippen molar-refractivity contribution in [1.82, 2.24) is 5.32 Å². The highest BCUT2D eigenvalue weighted by Gasteiger charge is 2.24. The highest BCUT2D eigenvalue weighted by Crippen LogP contribution is 2.28. The summed E-state index contributed by atoms with van der Waals surface area (Å²) in [4.78, 5) is 0. The molecule has 0 amide bonds. The molecule has 2 N–H and O–H groups in total. The van der Waals surface area contributed by atoms with E-state index in [1.807, 2.05) is 0 Å². The molecule has 1 aliphatic rings. The smallest absolute Gasteiger partial charge is 0.0540 e. The molecule has 1 unspecified atom stereocenters. The standard InChI is InChI=1S/C11H23NO/c1-3-4-11(12-2)9-5-7-10(13)8-6-9/h9-13H,3-8H2,1-2H3. The Hall–Kier alpha value is -0.0800. The van der Waals surface area contributed by atoms with Crippen molar-refractivity contribution in [3.63, 3.8) is 0 Å². The lowest BCUT2D eigenvalue weighted by atomic mass is 9.81. The lowest BCUT2D eigenvalue weighted by Gasteiger charge is -2.31. The van der Waals surface area contributed by atoms with Crippen LogP contribution in [0, 0.1) is 5.92 Å². The minimum atomic E-state index is -0.0182. The molecule has 1 atom stereocenters. The molecule has 0 aromatic carbocycles. The van der Waals surface area contributed by atoms with Crippen LogP contribution in [0.25, 0.3) is 0 Å². The minimum absolute atomic E-state index is 0.0182. The van der Waals surface area contributed by atoms with E-state index in [1.165, 1.54) is 25.7 Å². The third-order valence-electron chi connectivity index (χ3n) is 3.28. The Balaban J connectivity index is 2.32. The van der Waals surface area contributed by atoms with Gasteiger partial charge in [0.15, 0.2) is 0 Å². The normalized spacial score (nSPS) is 31.6. The molecule has 1 saturated carbocycles. The van der Waals surface area contributed by atoms with Gasteiger partial charge >= 0.3 is 0 Å². The first-order valence-electron chi connectivity index (χ1n) is 5.63. The molecule has 2 nitrogen and oxygen atoms in total. The summed E-state index contributed by atoms with van der Waals surface area (Å²) < 4.78 is 0. The van der Waals surface area contributed by atoms with E-state index >= 15 is 0 Å². The second-order valence-electron chi connectivity index (χ2n) is 4.25. The van der Waals surface area contributed by atoms with Crippen molar-refractivity contribution in [2.45, 2.75) is 57.6 Å². The molecule has 0 saturated heterocycles. The molecule has 0 radical (unpaired) electrons. The van der Waals surface area contributed by atoms with Gasteiger partial charge in [-0.05, 0) is 45.1 Å². The van der Waals surface area contributed by atoms with Crippen LogP contribution in [0.2, 0.25) is 0 Å². The van der Waals surface area contributed by atoms with Crippen LogP contribution in [0.5, 0.6) is 0 Å². The van der Waals surface area contributed by atoms with Gasteiger partial charge in [-0.2, -0.15) is 0 Å². The van der Waals surface area contributed by atoms with Crippen molar-refractivity contribution in [2.75, 3.05) is 7.05 Å². The molecule has 78 valence electrons. The summed E-state index contributed by atoms with van der Waals surface area (Å²) in [6, 6.07) is 0.678. The Bertz CT molecular complexity index is 130. The van der Waals surface area contributed by atoms with Gasteiger partial charge < -0.3 is 10.4 Å². The highest BCUT2D eigenvalue weighted by molar-refractivity contribution is 4.80. The Morgan fingerprint density at radius 1 is 1.31 bits per heavy atom. The lowest BCUT2D eigenvalue weighted by molar-refractivity contribution is 0.0969. The van der Waals surface area contributed by atoms with E-state index < -0.39 is 0 Å². The van der Waals surface area contributed by atoms with Crippen LogP contribution in [0.3, 0.4) is 0 Å². The van der Waals surface area contributed by atoms with Gasteiger partial charge in [0.25, 0.3) is 0 Å². The van der Waals surface area contributed by atoms with E-state index in [9.17, 15) is 5.11 Å². The second kappa shape index (κ2) is 5.61. The van der Waals surface area contributed by atoms with Crippen LogP contribution in [-0.2, 0) is 0 Å². The fraction of sp³-hybridized carbons (Fsp3) is 1.00. The molecule has 0 aromatic heterocycles. The molecule has 13 heavy (non-hydrogen) atoms. The SMILES string of the molecule is CCCC(NC)C1CCC(O)CC1. The quantitative estimate of drug-likeness (QED) is 0.701. The number of rotatable bonds is 4. The average Bonchev–Trinajstić information content (AvgIpc) is 2.16. The van der Waals surface area contributed by atoms with Gasteiger partial charge in [-0.1, -0.05) is 13.3 Å². The highest BCUT2D eigenvalue weighted by atomic mass is 16.3. The van der Waals surface area contributed by atoms with Crippen molar-refractivity contribution in [3.05, 3.63) is 0 Å². The van der Waals surface area contributed by atoms with Crippen LogP contribution < -0.4 is 5.32 Å². The maximum atomic E-state index is 9.39. The first kappa shape index (κ1) is 11.0. The van der Waals surface area contributed by atoms with Crippen molar-refractivity contribution >= 4 is 0 Å². The molecule has 2 heteroatoms. The largest absolute Gasteiger partial charge is 0.393 e. The van der Waals surface area contributed by atoms with Gasteiger partial charge in [0.05, 0.1) is 6.10 Å². The van der Waals surface area contributed by atoms with Crippen LogP contribution in [0.1, 0.15) is 45.4 Å². The van der Waals surface area contributed by atoms with Crippen LogP contribution in [-0.4, -0.2) is 24.3 Å². The van der Waals surface area contributed by atoms with Crippen molar-refractivity contribution in [3.8, 4) is 0 Å². The van der Waals surface area contributed by atoms with Crippen LogP contribution in [0.4, 0.5) is 0 Å².